The lowest BCUT2D eigenvalue weighted by Crippen LogP contribution is -2.33. The molecule has 6 heteroatoms. The maximum absolute atomic E-state index is 13.3. The van der Waals surface area contributed by atoms with E-state index in [-0.39, 0.29) is 5.91 Å². The molecule has 1 aliphatic heterocycles. The van der Waals surface area contributed by atoms with Crippen molar-refractivity contribution < 1.29 is 13.9 Å². The molecule has 0 radical (unpaired) electrons. The van der Waals surface area contributed by atoms with Crippen LogP contribution in [-0.2, 0) is 25.9 Å². The van der Waals surface area contributed by atoms with Crippen LogP contribution in [0.3, 0.4) is 0 Å². The molecule has 162 valence electrons. The summed E-state index contributed by atoms with van der Waals surface area (Å²) in [6, 6.07) is 14.0. The third-order valence-corrected chi connectivity index (χ3v) is 5.86. The molecule has 0 unspecified atom stereocenters. The standard InChI is InChI=1S/C25H29N3O3/c1-18-24(25(29)27(2)14-11-20-6-4-5-13-26-20)22-17-28(15-12-23(22)31-18)16-19-7-9-21(30-3)10-8-19/h4-10,13H,11-12,14-17H2,1-3H3. The Morgan fingerprint density at radius 2 is 2.03 bits per heavy atom. The predicted molar refractivity (Wildman–Crippen MR) is 119 cm³/mol. The zero-order valence-corrected chi connectivity index (χ0v) is 18.4. The summed E-state index contributed by atoms with van der Waals surface area (Å²) >= 11 is 0. The minimum Gasteiger partial charge on any atom is -0.497 e. The SMILES string of the molecule is COc1ccc(CN2CCc3oc(C)c(C(=O)N(C)CCc4ccccn4)c3C2)cc1. The highest BCUT2D eigenvalue weighted by atomic mass is 16.5. The van der Waals surface area contributed by atoms with Crippen LogP contribution in [0.1, 0.15) is 38.7 Å². The fourth-order valence-electron chi connectivity index (χ4n) is 4.11. The van der Waals surface area contributed by atoms with E-state index >= 15 is 0 Å². The molecule has 0 spiro atoms. The lowest BCUT2D eigenvalue weighted by molar-refractivity contribution is 0.0792. The molecule has 0 aliphatic carbocycles. The Labute approximate surface area is 183 Å². The molecule has 0 saturated carbocycles. The number of benzene rings is 1. The summed E-state index contributed by atoms with van der Waals surface area (Å²) in [5.74, 6) is 2.54. The number of fused-ring (bicyclic) bond motifs is 1. The molecular formula is C25H29N3O3. The van der Waals surface area contributed by atoms with Gasteiger partial charge in [-0.25, -0.2) is 0 Å². The number of ether oxygens (including phenoxy) is 1. The van der Waals surface area contributed by atoms with Crippen molar-refractivity contribution in [2.24, 2.45) is 0 Å². The maximum atomic E-state index is 13.3. The Balaban J connectivity index is 1.45. The van der Waals surface area contributed by atoms with Crippen LogP contribution in [-0.4, -0.2) is 47.9 Å². The van der Waals surface area contributed by atoms with E-state index in [0.717, 1.165) is 54.3 Å². The van der Waals surface area contributed by atoms with Crippen LogP contribution in [0.5, 0.6) is 5.75 Å². The van der Waals surface area contributed by atoms with E-state index in [1.165, 1.54) is 5.56 Å². The second kappa shape index (κ2) is 9.35. The highest BCUT2D eigenvalue weighted by Gasteiger charge is 2.29. The van der Waals surface area contributed by atoms with E-state index in [1.807, 2.05) is 44.3 Å². The van der Waals surface area contributed by atoms with Crippen LogP contribution in [0, 0.1) is 6.92 Å². The molecule has 6 nitrogen and oxygen atoms in total. The number of aryl methyl sites for hydroxylation is 1. The highest BCUT2D eigenvalue weighted by molar-refractivity contribution is 5.96. The second-order valence-corrected chi connectivity index (χ2v) is 8.04. The molecule has 2 aromatic heterocycles. The maximum Gasteiger partial charge on any atom is 0.257 e. The number of furan rings is 1. The minimum absolute atomic E-state index is 0.0183. The molecule has 1 aliphatic rings. The van der Waals surface area contributed by atoms with E-state index in [2.05, 4.69) is 22.0 Å². The molecule has 0 N–H and O–H groups in total. The second-order valence-electron chi connectivity index (χ2n) is 8.04. The van der Waals surface area contributed by atoms with Crippen LogP contribution in [0.4, 0.5) is 0 Å². The third kappa shape index (κ3) is 4.80. The van der Waals surface area contributed by atoms with Gasteiger partial charge in [-0.05, 0) is 36.8 Å². The molecule has 3 heterocycles. The monoisotopic (exact) mass is 419 g/mol. The summed E-state index contributed by atoms with van der Waals surface area (Å²) < 4.78 is 11.2. The zero-order valence-electron chi connectivity index (χ0n) is 18.4. The summed E-state index contributed by atoms with van der Waals surface area (Å²) in [7, 11) is 3.52. The van der Waals surface area contributed by atoms with Crippen molar-refractivity contribution in [1.82, 2.24) is 14.8 Å². The van der Waals surface area contributed by atoms with E-state index in [0.29, 0.717) is 18.8 Å². The summed E-state index contributed by atoms with van der Waals surface area (Å²) in [6.07, 6.45) is 3.33. The largest absolute Gasteiger partial charge is 0.497 e. The number of hydrogen-bond acceptors (Lipinski definition) is 5. The average molecular weight is 420 g/mol. The molecule has 0 atom stereocenters. The van der Waals surface area contributed by atoms with Crippen LogP contribution in [0.2, 0.25) is 0 Å². The first kappa shape index (κ1) is 21.1. The van der Waals surface area contributed by atoms with E-state index < -0.39 is 0 Å². The minimum atomic E-state index is 0.0183. The normalized spacial score (nSPS) is 13.6. The Bertz CT molecular complexity index is 1030. The van der Waals surface area contributed by atoms with Crippen LogP contribution >= 0.6 is 0 Å². The zero-order chi connectivity index (χ0) is 21.8. The van der Waals surface area contributed by atoms with Crippen molar-refractivity contribution in [3.8, 4) is 5.75 Å². The van der Waals surface area contributed by atoms with Crippen molar-refractivity contribution >= 4 is 5.91 Å². The van der Waals surface area contributed by atoms with Gasteiger partial charge in [-0.1, -0.05) is 18.2 Å². The first-order valence-corrected chi connectivity index (χ1v) is 10.7. The predicted octanol–water partition coefficient (Wildman–Crippen LogP) is 3.86. The number of pyridine rings is 1. The Morgan fingerprint density at radius 3 is 2.74 bits per heavy atom. The molecule has 1 amide bonds. The number of methoxy groups -OCH3 is 1. The lowest BCUT2D eigenvalue weighted by Gasteiger charge is -2.27. The number of carbonyl (C=O) groups excluding carboxylic acids is 1. The average Bonchev–Trinajstić information content (AvgIpc) is 3.13. The molecule has 1 aromatic carbocycles. The molecule has 0 saturated heterocycles. The van der Waals surface area contributed by atoms with E-state index in [4.69, 9.17) is 9.15 Å². The van der Waals surface area contributed by atoms with Gasteiger partial charge in [0.2, 0.25) is 0 Å². The van der Waals surface area contributed by atoms with Gasteiger partial charge in [-0.3, -0.25) is 14.7 Å². The van der Waals surface area contributed by atoms with Crippen molar-refractivity contribution in [3.63, 3.8) is 0 Å². The molecule has 0 bridgehead atoms. The van der Waals surface area contributed by atoms with Crippen LogP contribution in [0.15, 0.2) is 53.1 Å². The molecule has 0 fully saturated rings. The van der Waals surface area contributed by atoms with Gasteiger partial charge in [0.05, 0.1) is 12.7 Å². The Hall–Kier alpha value is -3.12. The van der Waals surface area contributed by atoms with Gasteiger partial charge < -0.3 is 14.1 Å². The number of amides is 1. The first-order chi connectivity index (χ1) is 15.0. The number of carbonyl (C=O) groups is 1. The first-order valence-electron chi connectivity index (χ1n) is 10.7. The number of hydrogen-bond donors (Lipinski definition) is 0. The summed E-state index contributed by atoms with van der Waals surface area (Å²) in [5.41, 5.74) is 3.97. The Kier molecular flexibility index (Phi) is 6.37. The van der Waals surface area contributed by atoms with Crippen molar-refractivity contribution in [1.29, 1.82) is 0 Å². The van der Waals surface area contributed by atoms with Gasteiger partial charge in [-0.15, -0.1) is 0 Å². The quantitative estimate of drug-likeness (QED) is 0.582. The fourth-order valence-corrected chi connectivity index (χ4v) is 4.11. The number of aromatic nitrogens is 1. The van der Waals surface area contributed by atoms with Crippen molar-refractivity contribution in [2.75, 3.05) is 27.2 Å². The van der Waals surface area contributed by atoms with Gasteiger partial charge in [0.1, 0.15) is 17.3 Å². The Morgan fingerprint density at radius 1 is 1.23 bits per heavy atom. The summed E-state index contributed by atoms with van der Waals surface area (Å²) in [5, 5.41) is 0. The number of likely N-dealkylation sites (N-methyl/N-ethyl adjacent to an activating group) is 1. The van der Waals surface area contributed by atoms with Gasteiger partial charge in [0.25, 0.3) is 5.91 Å². The number of nitrogens with zero attached hydrogens (tertiary/aromatic N) is 3. The van der Waals surface area contributed by atoms with E-state index in [1.54, 1.807) is 18.2 Å². The molecule has 31 heavy (non-hydrogen) atoms. The lowest BCUT2D eigenvalue weighted by atomic mass is 10.0. The van der Waals surface area contributed by atoms with Gasteiger partial charge in [0.15, 0.2) is 0 Å². The molecule has 3 aromatic rings. The summed E-state index contributed by atoms with van der Waals surface area (Å²) in [4.78, 5) is 21.8. The van der Waals surface area contributed by atoms with Gasteiger partial charge >= 0.3 is 0 Å². The van der Waals surface area contributed by atoms with Crippen molar-refractivity contribution in [2.45, 2.75) is 32.9 Å². The smallest absolute Gasteiger partial charge is 0.257 e. The van der Waals surface area contributed by atoms with Gasteiger partial charge in [-0.2, -0.15) is 0 Å². The fraction of sp³-hybridized carbons (Fsp3) is 0.360. The number of rotatable bonds is 7. The summed E-state index contributed by atoms with van der Waals surface area (Å²) in [6.45, 7) is 4.97. The highest BCUT2D eigenvalue weighted by Crippen LogP contribution is 2.30. The topological polar surface area (TPSA) is 58.8 Å². The van der Waals surface area contributed by atoms with Crippen LogP contribution < -0.4 is 4.74 Å². The van der Waals surface area contributed by atoms with Crippen LogP contribution in [0.25, 0.3) is 0 Å². The third-order valence-electron chi connectivity index (χ3n) is 5.86. The molecular weight excluding hydrogens is 390 g/mol. The van der Waals surface area contributed by atoms with Crippen molar-refractivity contribution in [3.05, 3.63) is 82.6 Å². The molecule has 4 rings (SSSR count). The van der Waals surface area contributed by atoms with E-state index in [9.17, 15) is 4.79 Å². The van der Waals surface area contributed by atoms with Gasteiger partial charge in [0, 0.05) is 63.5 Å².